The summed E-state index contributed by atoms with van der Waals surface area (Å²) >= 11 is 0. The third-order valence-electron chi connectivity index (χ3n) is 2.28. The van der Waals surface area contributed by atoms with Crippen LogP contribution in [0.5, 0.6) is 0 Å². The van der Waals surface area contributed by atoms with Gasteiger partial charge in [-0.15, -0.1) is 0 Å². The van der Waals surface area contributed by atoms with Crippen LogP contribution < -0.4 is 5.32 Å². The molecule has 0 radical (unpaired) electrons. The van der Waals surface area contributed by atoms with Crippen LogP contribution in [0.1, 0.15) is 0 Å². The Bertz CT molecular complexity index is 573. The smallest absolute Gasteiger partial charge is 0.394 e. The molecule has 1 aromatic carbocycles. The van der Waals surface area contributed by atoms with Gasteiger partial charge in [-0.1, -0.05) is 0 Å². The number of aliphatic hydroxyl groups is 2. The summed E-state index contributed by atoms with van der Waals surface area (Å²) in [7, 11) is -5.73. The van der Waals surface area contributed by atoms with Gasteiger partial charge in [-0.25, -0.2) is 12.8 Å². The molecule has 0 aromatic heterocycles. The largest absolute Gasteiger partial charge is 0.501 e. The van der Waals surface area contributed by atoms with Crippen LogP contribution in [0.15, 0.2) is 23.1 Å². The number of nitrogens with one attached hydrogen (secondary N) is 1. The zero-order valence-corrected chi connectivity index (χ0v) is 10.7. The first kappa shape index (κ1) is 16.7. The summed E-state index contributed by atoms with van der Waals surface area (Å²) in [6, 6.07) is 1.80. The van der Waals surface area contributed by atoms with Crippen molar-refractivity contribution in [3.05, 3.63) is 24.0 Å². The molecule has 0 aliphatic heterocycles. The van der Waals surface area contributed by atoms with Crippen LogP contribution in [-0.4, -0.2) is 43.4 Å². The van der Waals surface area contributed by atoms with E-state index in [-0.39, 0.29) is 6.07 Å². The fraction of sp³-hybridized carbons (Fsp3) is 0.400. The van der Waals surface area contributed by atoms with Crippen molar-refractivity contribution in [2.45, 2.75) is 16.5 Å². The lowest BCUT2D eigenvalue weighted by Gasteiger charge is -2.15. The standard InChI is InChI=1S/C10H11F4NO4S/c11-6-1-2-8(15-4-7(17)5-16)9(3-6)20(18,19)10(12,13)14/h1-3,7,15-17H,4-5H2. The van der Waals surface area contributed by atoms with Gasteiger partial charge in [-0.2, -0.15) is 13.2 Å². The average molecular weight is 317 g/mol. The molecule has 0 bridgehead atoms. The van der Waals surface area contributed by atoms with Gasteiger partial charge >= 0.3 is 5.51 Å². The van der Waals surface area contributed by atoms with E-state index >= 15 is 0 Å². The second-order valence-electron chi connectivity index (χ2n) is 3.81. The molecular weight excluding hydrogens is 306 g/mol. The van der Waals surface area contributed by atoms with E-state index in [1.807, 2.05) is 0 Å². The number of anilines is 1. The minimum atomic E-state index is -5.73. The summed E-state index contributed by atoms with van der Waals surface area (Å²) in [6.45, 7) is -1.07. The molecule has 1 rings (SSSR count). The lowest BCUT2D eigenvalue weighted by molar-refractivity contribution is -0.0435. The summed E-state index contributed by atoms with van der Waals surface area (Å²) in [5.74, 6) is -1.15. The number of aliphatic hydroxyl groups excluding tert-OH is 2. The van der Waals surface area contributed by atoms with E-state index in [1.54, 1.807) is 0 Å². The number of hydrogen-bond donors (Lipinski definition) is 3. The molecule has 0 amide bonds. The number of alkyl halides is 3. The maximum Gasteiger partial charge on any atom is 0.501 e. The Kier molecular flexibility index (Phi) is 4.95. The van der Waals surface area contributed by atoms with Gasteiger partial charge in [0, 0.05) is 6.54 Å². The lowest BCUT2D eigenvalue weighted by Crippen LogP contribution is -2.27. The van der Waals surface area contributed by atoms with Gasteiger partial charge < -0.3 is 15.5 Å². The SMILES string of the molecule is O=S(=O)(c1cc(F)ccc1NCC(O)CO)C(F)(F)F. The average Bonchev–Trinajstić information content (AvgIpc) is 2.35. The van der Waals surface area contributed by atoms with Crippen molar-refractivity contribution in [2.24, 2.45) is 0 Å². The fourth-order valence-electron chi connectivity index (χ4n) is 1.28. The molecule has 5 nitrogen and oxygen atoms in total. The summed E-state index contributed by atoms with van der Waals surface area (Å²) in [6.07, 6.45) is -1.30. The summed E-state index contributed by atoms with van der Waals surface area (Å²) in [5, 5.41) is 19.8. The number of rotatable bonds is 5. The number of hydrogen-bond acceptors (Lipinski definition) is 5. The van der Waals surface area contributed by atoms with Crippen molar-refractivity contribution in [2.75, 3.05) is 18.5 Å². The molecule has 1 unspecified atom stereocenters. The first-order chi connectivity index (χ1) is 9.09. The van der Waals surface area contributed by atoms with Crippen molar-refractivity contribution < 1.29 is 36.2 Å². The van der Waals surface area contributed by atoms with Crippen LogP contribution in [0.25, 0.3) is 0 Å². The topological polar surface area (TPSA) is 86.6 Å². The second kappa shape index (κ2) is 5.94. The van der Waals surface area contributed by atoms with Gasteiger partial charge in [0.25, 0.3) is 9.84 Å². The quantitative estimate of drug-likeness (QED) is 0.702. The van der Waals surface area contributed by atoms with E-state index < -0.39 is 51.0 Å². The molecule has 1 aromatic rings. The molecule has 0 saturated carbocycles. The molecule has 3 N–H and O–H groups in total. The highest BCUT2D eigenvalue weighted by atomic mass is 32.2. The molecule has 0 fully saturated rings. The molecule has 0 saturated heterocycles. The predicted molar refractivity (Wildman–Crippen MR) is 61.2 cm³/mol. The van der Waals surface area contributed by atoms with Crippen molar-refractivity contribution >= 4 is 15.5 Å². The fourth-order valence-corrected chi connectivity index (χ4v) is 2.23. The predicted octanol–water partition coefficient (Wildman–Crippen LogP) is 0.884. The van der Waals surface area contributed by atoms with E-state index in [1.165, 1.54) is 0 Å². The van der Waals surface area contributed by atoms with Gasteiger partial charge in [0.05, 0.1) is 18.4 Å². The Labute approximate surface area is 111 Å². The first-order valence-corrected chi connectivity index (χ1v) is 6.71. The Hall–Kier alpha value is -1.39. The minimum Gasteiger partial charge on any atom is -0.394 e. The third kappa shape index (κ3) is 3.58. The van der Waals surface area contributed by atoms with Gasteiger partial charge in [0.1, 0.15) is 10.7 Å². The Morgan fingerprint density at radius 3 is 2.40 bits per heavy atom. The van der Waals surface area contributed by atoms with Gasteiger partial charge in [-0.05, 0) is 18.2 Å². The molecule has 0 heterocycles. The van der Waals surface area contributed by atoms with Gasteiger partial charge in [0.15, 0.2) is 0 Å². The summed E-state index contributed by atoms with van der Waals surface area (Å²) in [5.41, 5.74) is -6.09. The van der Waals surface area contributed by atoms with Crippen molar-refractivity contribution in [1.29, 1.82) is 0 Å². The van der Waals surface area contributed by atoms with Crippen LogP contribution in [-0.2, 0) is 9.84 Å². The molecule has 114 valence electrons. The molecule has 0 spiro atoms. The number of halogens is 4. The highest BCUT2D eigenvalue weighted by molar-refractivity contribution is 7.92. The van der Waals surface area contributed by atoms with Crippen LogP contribution in [0.4, 0.5) is 23.2 Å². The normalized spacial score (nSPS) is 14.1. The summed E-state index contributed by atoms with van der Waals surface area (Å²) in [4.78, 5) is -1.28. The van der Waals surface area contributed by atoms with E-state index in [9.17, 15) is 26.0 Å². The minimum absolute atomic E-state index is 0.233. The lowest BCUT2D eigenvalue weighted by atomic mass is 10.3. The molecule has 0 aliphatic rings. The van der Waals surface area contributed by atoms with Crippen molar-refractivity contribution in [3.63, 3.8) is 0 Å². The Balaban J connectivity index is 3.22. The van der Waals surface area contributed by atoms with Crippen LogP contribution in [0.3, 0.4) is 0 Å². The van der Waals surface area contributed by atoms with E-state index in [2.05, 4.69) is 5.32 Å². The molecule has 0 aliphatic carbocycles. The van der Waals surface area contributed by atoms with Crippen molar-refractivity contribution in [3.8, 4) is 0 Å². The van der Waals surface area contributed by atoms with Crippen LogP contribution in [0.2, 0.25) is 0 Å². The maximum absolute atomic E-state index is 13.0. The number of sulfone groups is 1. The molecule has 20 heavy (non-hydrogen) atoms. The van der Waals surface area contributed by atoms with Gasteiger partial charge in [-0.3, -0.25) is 0 Å². The van der Waals surface area contributed by atoms with Crippen molar-refractivity contribution in [1.82, 2.24) is 0 Å². The van der Waals surface area contributed by atoms with E-state index in [0.717, 1.165) is 12.1 Å². The Morgan fingerprint density at radius 1 is 1.30 bits per heavy atom. The first-order valence-electron chi connectivity index (χ1n) is 5.23. The molecule has 10 heteroatoms. The second-order valence-corrected chi connectivity index (χ2v) is 5.72. The molecule has 1 atom stereocenters. The molecular formula is C10H11F4NO4S. The maximum atomic E-state index is 13.0. The van der Waals surface area contributed by atoms with Crippen LogP contribution in [0, 0.1) is 5.82 Å². The third-order valence-corrected chi connectivity index (χ3v) is 3.80. The van der Waals surface area contributed by atoms with Crippen LogP contribution >= 0.6 is 0 Å². The number of benzene rings is 1. The summed E-state index contributed by atoms with van der Waals surface area (Å²) < 4.78 is 73.0. The highest BCUT2D eigenvalue weighted by Crippen LogP contribution is 2.34. The van der Waals surface area contributed by atoms with E-state index in [4.69, 9.17) is 10.2 Å². The van der Waals surface area contributed by atoms with Gasteiger partial charge in [0.2, 0.25) is 0 Å². The zero-order chi connectivity index (χ0) is 15.6. The monoisotopic (exact) mass is 317 g/mol. The zero-order valence-electron chi connectivity index (χ0n) is 9.85. The van der Waals surface area contributed by atoms with E-state index in [0.29, 0.717) is 0 Å². The highest BCUT2D eigenvalue weighted by Gasteiger charge is 2.48. The Morgan fingerprint density at radius 2 is 1.90 bits per heavy atom.